The van der Waals surface area contributed by atoms with Gasteiger partial charge in [0.05, 0.1) is 11.6 Å². The van der Waals surface area contributed by atoms with Crippen molar-refractivity contribution in [2.45, 2.75) is 19.9 Å². The zero-order valence-corrected chi connectivity index (χ0v) is 11.4. The van der Waals surface area contributed by atoms with E-state index < -0.39 is 0 Å². The Labute approximate surface area is 114 Å². The first-order valence-electron chi connectivity index (χ1n) is 5.69. The molecule has 2 aromatic heterocycles. The zero-order valence-electron chi connectivity index (χ0n) is 10.5. The number of carbonyl (C=O) groups excluding carboxylic acids is 1. The average Bonchev–Trinajstić information content (AvgIpc) is 2.85. The van der Waals surface area contributed by atoms with Crippen LogP contribution >= 0.6 is 11.3 Å². The van der Waals surface area contributed by atoms with Crippen molar-refractivity contribution in [1.82, 2.24) is 15.3 Å². The maximum absolute atomic E-state index is 12.0. The number of aromatic nitrogens is 2. The molecule has 0 saturated heterocycles. The second-order valence-corrected chi connectivity index (χ2v) is 5.31. The molecule has 0 radical (unpaired) electrons. The van der Waals surface area contributed by atoms with Gasteiger partial charge >= 0.3 is 0 Å². The molecule has 0 aliphatic rings. The molecule has 1 amide bonds. The third-order valence-corrected chi connectivity index (χ3v) is 3.58. The van der Waals surface area contributed by atoms with Gasteiger partial charge < -0.3 is 5.32 Å². The number of nitrogens with zero attached hydrogens (tertiary/aromatic N) is 3. The summed E-state index contributed by atoms with van der Waals surface area (Å²) >= 11 is 1.55. The topological polar surface area (TPSA) is 78.7 Å². The van der Waals surface area contributed by atoms with E-state index in [9.17, 15) is 4.79 Å². The van der Waals surface area contributed by atoms with Gasteiger partial charge in [-0.1, -0.05) is 0 Å². The third-order valence-electron chi connectivity index (χ3n) is 2.48. The normalized spacial score (nSPS) is 11.6. The zero-order chi connectivity index (χ0) is 13.8. The lowest BCUT2D eigenvalue weighted by molar-refractivity contribution is 0.0935. The monoisotopic (exact) mass is 272 g/mol. The number of rotatable bonds is 3. The highest BCUT2D eigenvalue weighted by Crippen LogP contribution is 2.19. The number of nitrogens with one attached hydrogen (secondary N) is 1. The maximum atomic E-state index is 12.0. The summed E-state index contributed by atoms with van der Waals surface area (Å²) in [5, 5.41) is 12.4. The van der Waals surface area contributed by atoms with Crippen LogP contribution in [0.25, 0.3) is 0 Å². The molecular formula is C13H12N4OS. The Morgan fingerprint density at radius 2 is 2.21 bits per heavy atom. The Hall–Kier alpha value is -2.26. The molecule has 19 heavy (non-hydrogen) atoms. The minimum absolute atomic E-state index is 0.163. The molecule has 0 saturated carbocycles. The molecule has 1 unspecified atom stereocenters. The van der Waals surface area contributed by atoms with E-state index in [-0.39, 0.29) is 11.9 Å². The summed E-state index contributed by atoms with van der Waals surface area (Å²) in [7, 11) is 0. The number of hydrogen-bond donors (Lipinski definition) is 1. The molecule has 2 heterocycles. The number of amides is 1. The molecule has 0 bridgehead atoms. The van der Waals surface area contributed by atoms with Crippen molar-refractivity contribution in [3.05, 3.63) is 45.7 Å². The molecule has 0 aliphatic heterocycles. The van der Waals surface area contributed by atoms with Crippen LogP contribution in [0.3, 0.4) is 0 Å². The first-order valence-corrected chi connectivity index (χ1v) is 6.51. The van der Waals surface area contributed by atoms with Gasteiger partial charge in [-0.3, -0.25) is 4.79 Å². The highest BCUT2D eigenvalue weighted by atomic mass is 32.1. The lowest BCUT2D eigenvalue weighted by Gasteiger charge is -2.10. The van der Waals surface area contributed by atoms with Gasteiger partial charge in [0.25, 0.3) is 5.91 Å². The van der Waals surface area contributed by atoms with Crippen LogP contribution in [0.4, 0.5) is 0 Å². The standard InChI is InChI=1S/C13H12N4OS/c1-8-6-16-13(19-8)9(2)17-12(18)11-4-3-10(5-14)7-15-11/h3-4,6-7,9H,1-2H3,(H,17,18). The Morgan fingerprint density at radius 3 is 2.74 bits per heavy atom. The van der Waals surface area contributed by atoms with Gasteiger partial charge in [-0.05, 0) is 26.0 Å². The molecule has 1 atom stereocenters. The van der Waals surface area contributed by atoms with Gasteiger partial charge in [-0.15, -0.1) is 11.3 Å². The first kappa shape index (κ1) is 13.2. The van der Waals surface area contributed by atoms with E-state index in [1.807, 2.05) is 19.9 Å². The van der Waals surface area contributed by atoms with Crippen LogP contribution in [-0.2, 0) is 0 Å². The lowest BCUT2D eigenvalue weighted by atomic mass is 10.2. The first-order chi connectivity index (χ1) is 9.10. The van der Waals surface area contributed by atoms with Gasteiger partial charge in [-0.25, -0.2) is 9.97 Å². The third kappa shape index (κ3) is 3.14. The summed E-state index contributed by atoms with van der Waals surface area (Å²) in [4.78, 5) is 21.2. The van der Waals surface area contributed by atoms with E-state index >= 15 is 0 Å². The molecule has 2 aromatic rings. The number of aryl methyl sites for hydroxylation is 1. The van der Waals surface area contributed by atoms with Crippen molar-refractivity contribution in [3.63, 3.8) is 0 Å². The molecule has 5 nitrogen and oxygen atoms in total. The largest absolute Gasteiger partial charge is 0.342 e. The second-order valence-electron chi connectivity index (χ2n) is 4.05. The molecule has 0 aromatic carbocycles. The van der Waals surface area contributed by atoms with Crippen molar-refractivity contribution < 1.29 is 4.79 Å². The molecule has 6 heteroatoms. The summed E-state index contributed by atoms with van der Waals surface area (Å²) in [6.45, 7) is 3.84. The van der Waals surface area contributed by atoms with E-state index in [2.05, 4.69) is 15.3 Å². The predicted octanol–water partition coefficient (Wildman–Crippen LogP) is 2.21. The smallest absolute Gasteiger partial charge is 0.270 e. The maximum Gasteiger partial charge on any atom is 0.270 e. The fraction of sp³-hybridized carbons (Fsp3) is 0.231. The van der Waals surface area contributed by atoms with Gasteiger partial charge in [0.1, 0.15) is 16.8 Å². The molecule has 96 valence electrons. The molecular weight excluding hydrogens is 260 g/mol. The van der Waals surface area contributed by atoms with Crippen LogP contribution in [0.1, 0.15) is 38.9 Å². The number of thiazole rings is 1. The van der Waals surface area contributed by atoms with Crippen LogP contribution in [0.5, 0.6) is 0 Å². The van der Waals surface area contributed by atoms with E-state index in [0.29, 0.717) is 11.3 Å². The van der Waals surface area contributed by atoms with Crippen molar-refractivity contribution in [1.29, 1.82) is 5.26 Å². The Morgan fingerprint density at radius 1 is 1.42 bits per heavy atom. The van der Waals surface area contributed by atoms with Crippen molar-refractivity contribution in [2.24, 2.45) is 0 Å². The van der Waals surface area contributed by atoms with Crippen molar-refractivity contribution >= 4 is 17.2 Å². The molecule has 1 N–H and O–H groups in total. The van der Waals surface area contributed by atoms with Crippen LogP contribution in [0.2, 0.25) is 0 Å². The molecule has 0 aliphatic carbocycles. The fourth-order valence-corrected chi connectivity index (χ4v) is 2.28. The minimum atomic E-state index is -0.273. The minimum Gasteiger partial charge on any atom is -0.342 e. The Balaban J connectivity index is 2.06. The predicted molar refractivity (Wildman–Crippen MR) is 71.7 cm³/mol. The van der Waals surface area contributed by atoms with E-state index in [0.717, 1.165) is 9.88 Å². The van der Waals surface area contributed by atoms with Crippen LogP contribution in [-0.4, -0.2) is 15.9 Å². The summed E-state index contributed by atoms with van der Waals surface area (Å²) in [6.07, 6.45) is 3.16. The average molecular weight is 272 g/mol. The number of nitriles is 1. The summed E-state index contributed by atoms with van der Waals surface area (Å²) in [5.74, 6) is -0.273. The van der Waals surface area contributed by atoms with E-state index in [1.54, 1.807) is 23.6 Å². The molecule has 0 spiro atoms. The molecule has 0 fully saturated rings. The number of pyridine rings is 1. The Kier molecular flexibility index (Phi) is 3.88. The summed E-state index contributed by atoms with van der Waals surface area (Å²) in [6, 6.07) is 4.90. The molecule has 2 rings (SSSR count). The van der Waals surface area contributed by atoms with E-state index in [4.69, 9.17) is 5.26 Å². The van der Waals surface area contributed by atoms with Crippen molar-refractivity contribution in [3.8, 4) is 6.07 Å². The summed E-state index contributed by atoms with van der Waals surface area (Å²) < 4.78 is 0. The van der Waals surface area contributed by atoms with Crippen LogP contribution in [0.15, 0.2) is 24.5 Å². The van der Waals surface area contributed by atoms with Gasteiger partial charge in [0.15, 0.2) is 0 Å². The van der Waals surface area contributed by atoms with Crippen molar-refractivity contribution in [2.75, 3.05) is 0 Å². The summed E-state index contributed by atoms with van der Waals surface area (Å²) in [5.41, 5.74) is 0.722. The SMILES string of the molecule is Cc1cnc(C(C)NC(=O)c2ccc(C#N)cn2)s1. The number of carbonyl (C=O) groups is 1. The van der Waals surface area contributed by atoms with Gasteiger partial charge in [0, 0.05) is 17.3 Å². The highest BCUT2D eigenvalue weighted by molar-refractivity contribution is 7.11. The van der Waals surface area contributed by atoms with Crippen LogP contribution < -0.4 is 5.32 Å². The van der Waals surface area contributed by atoms with Crippen LogP contribution in [0, 0.1) is 18.3 Å². The van der Waals surface area contributed by atoms with Gasteiger partial charge in [-0.2, -0.15) is 5.26 Å². The fourth-order valence-electron chi connectivity index (χ4n) is 1.50. The highest BCUT2D eigenvalue weighted by Gasteiger charge is 2.14. The second kappa shape index (κ2) is 5.59. The number of hydrogen-bond acceptors (Lipinski definition) is 5. The lowest BCUT2D eigenvalue weighted by Crippen LogP contribution is -2.27. The van der Waals surface area contributed by atoms with Gasteiger partial charge in [0.2, 0.25) is 0 Å². The Bertz CT molecular complexity index is 627. The van der Waals surface area contributed by atoms with E-state index in [1.165, 1.54) is 12.3 Å². The quantitative estimate of drug-likeness (QED) is 0.929.